The Morgan fingerprint density at radius 3 is 2.75 bits per heavy atom. The van der Waals surface area contributed by atoms with Crippen molar-refractivity contribution in [2.75, 3.05) is 11.9 Å². The number of rotatable bonds is 6. The zero-order valence-corrected chi connectivity index (χ0v) is 16.1. The SMILES string of the molecule is CC1(C)Cc2cccc(OCC(=O)Nc3cccc(C(=O)NC4CC4)c3)c2O1. The molecule has 0 radical (unpaired) electrons. The van der Waals surface area contributed by atoms with Crippen molar-refractivity contribution in [3.63, 3.8) is 0 Å². The van der Waals surface area contributed by atoms with Crippen LogP contribution in [0.1, 0.15) is 42.6 Å². The van der Waals surface area contributed by atoms with Gasteiger partial charge in [-0.1, -0.05) is 18.2 Å². The van der Waals surface area contributed by atoms with Gasteiger partial charge in [-0.05, 0) is 51.0 Å². The molecule has 2 N–H and O–H groups in total. The highest BCUT2D eigenvalue weighted by molar-refractivity contribution is 5.97. The summed E-state index contributed by atoms with van der Waals surface area (Å²) >= 11 is 0. The van der Waals surface area contributed by atoms with E-state index in [9.17, 15) is 9.59 Å². The molecule has 0 aromatic heterocycles. The Morgan fingerprint density at radius 2 is 1.96 bits per heavy atom. The Balaban J connectivity index is 1.36. The van der Waals surface area contributed by atoms with Gasteiger partial charge in [-0.2, -0.15) is 0 Å². The van der Waals surface area contributed by atoms with Crippen LogP contribution in [0.15, 0.2) is 42.5 Å². The first-order valence-corrected chi connectivity index (χ1v) is 9.54. The van der Waals surface area contributed by atoms with Crippen LogP contribution in [0.2, 0.25) is 0 Å². The minimum atomic E-state index is -0.297. The molecule has 0 spiro atoms. The zero-order chi connectivity index (χ0) is 19.7. The lowest BCUT2D eigenvalue weighted by Gasteiger charge is -2.18. The van der Waals surface area contributed by atoms with Crippen LogP contribution in [0, 0.1) is 0 Å². The minimum Gasteiger partial charge on any atom is -0.483 e. The van der Waals surface area contributed by atoms with Gasteiger partial charge in [0, 0.05) is 29.3 Å². The third-order valence-electron chi connectivity index (χ3n) is 4.73. The predicted molar refractivity (Wildman–Crippen MR) is 106 cm³/mol. The van der Waals surface area contributed by atoms with Crippen molar-refractivity contribution in [1.82, 2.24) is 5.32 Å². The first-order valence-electron chi connectivity index (χ1n) is 9.54. The smallest absolute Gasteiger partial charge is 0.262 e. The highest BCUT2D eigenvalue weighted by Crippen LogP contribution is 2.41. The van der Waals surface area contributed by atoms with Crippen molar-refractivity contribution in [1.29, 1.82) is 0 Å². The Kier molecular flexibility index (Phi) is 4.71. The van der Waals surface area contributed by atoms with Gasteiger partial charge in [0.1, 0.15) is 5.60 Å². The maximum absolute atomic E-state index is 12.3. The summed E-state index contributed by atoms with van der Waals surface area (Å²) < 4.78 is 11.7. The van der Waals surface area contributed by atoms with E-state index in [1.807, 2.05) is 26.0 Å². The molecule has 0 bridgehead atoms. The van der Waals surface area contributed by atoms with Crippen LogP contribution in [0.25, 0.3) is 0 Å². The molecule has 6 heteroatoms. The number of hydrogen-bond acceptors (Lipinski definition) is 4. The van der Waals surface area contributed by atoms with Crippen molar-refractivity contribution < 1.29 is 19.1 Å². The fourth-order valence-corrected chi connectivity index (χ4v) is 3.28. The van der Waals surface area contributed by atoms with Gasteiger partial charge >= 0.3 is 0 Å². The lowest BCUT2D eigenvalue weighted by molar-refractivity contribution is -0.118. The van der Waals surface area contributed by atoms with Gasteiger partial charge in [-0.25, -0.2) is 0 Å². The summed E-state index contributed by atoms with van der Waals surface area (Å²) in [5, 5.41) is 5.71. The second-order valence-corrected chi connectivity index (χ2v) is 7.95. The summed E-state index contributed by atoms with van der Waals surface area (Å²) in [4.78, 5) is 24.4. The van der Waals surface area contributed by atoms with E-state index in [1.165, 1.54) is 0 Å². The summed E-state index contributed by atoms with van der Waals surface area (Å²) in [6, 6.07) is 12.9. The van der Waals surface area contributed by atoms with Gasteiger partial charge in [0.2, 0.25) is 0 Å². The van der Waals surface area contributed by atoms with Crippen LogP contribution in [0.3, 0.4) is 0 Å². The van der Waals surface area contributed by atoms with Crippen LogP contribution < -0.4 is 20.1 Å². The number of para-hydroxylation sites is 1. The molecule has 28 heavy (non-hydrogen) atoms. The first kappa shape index (κ1) is 18.3. The number of hydrogen-bond donors (Lipinski definition) is 2. The minimum absolute atomic E-state index is 0.116. The molecule has 0 atom stereocenters. The van der Waals surface area contributed by atoms with E-state index in [1.54, 1.807) is 30.3 Å². The topological polar surface area (TPSA) is 76.7 Å². The molecule has 1 fully saturated rings. The molecule has 0 saturated heterocycles. The maximum atomic E-state index is 12.3. The number of anilines is 1. The van der Waals surface area contributed by atoms with Crippen molar-refractivity contribution in [3.05, 3.63) is 53.6 Å². The fraction of sp³-hybridized carbons (Fsp3) is 0.364. The summed E-state index contributed by atoms with van der Waals surface area (Å²) in [5.74, 6) is 0.860. The Morgan fingerprint density at radius 1 is 1.18 bits per heavy atom. The van der Waals surface area contributed by atoms with E-state index in [-0.39, 0.29) is 24.0 Å². The van der Waals surface area contributed by atoms with E-state index in [2.05, 4.69) is 10.6 Å². The van der Waals surface area contributed by atoms with E-state index in [0.29, 0.717) is 28.8 Å². The standard InChI is InChI=1S/C22H24N2O4/c1-22(2)12-15-6-4-8-18(20(15)28-22)27-13-19(25)23-17-7-3-5-14(11-17)21(26)24-16-9-10-16/h3-8,11,16H,9-10,12-13H2,1-2H3,(H,23,25)(H,24,26). The van der Waals surface area contributed by atoms with E-state index in [4.69, 9.17) is 9.47 Å². The molecular formula is C22H24N2O4. The summed E-state index contributed by atoms with van der Waals surface area (Å²) in [6.45, 7) is 3.91. The molecule has 1 heterocycles. The molecule has 6 nitrogen and oxygen atoms in total. The molecular weight excluding hydrogens is 356 g/mol. The van der Waals surface area contributed by atoms with E-state index < -0.39 is 0 Å². The van der Waals surface area contributed by atoms with Crippen molar-refractivity contribution in [2.45, 2.75) is 44.8 Å². The van der Waals surface area contributed by atoms with Crippen molar-refractivity contribution >= 4 is 17.5 Å². The highest BCUT2D eigenvalue weighted by atomic mass is 16.5. The molecule has 1 aliphatic heterocycles. The predicted octanol–water partition coefficient (Wildman–Crippen LogP) is 3.31. The van der Waals surface area contributed by atoms with Crippen LogP contribution in [0.5, 0.6) is 11.5 Å². The molecule has 0 unspecified atom stereocenters. The molecule has 146 valence electrons. The van der Waals surface area contributed by atoms with Gasteiger partial charge in [0.15, 0.2) is 18.1 Å². The van der Waals surface area contributed by atoms with Crippen molar-refractivity contribution in [2.24, 2.45) is 0 Å². The number of carbonyl (C=O) groups excluding carboxylic acids is 2. The van der Waals surface area contributed by atoms with Crippen LogP contribution in [-0.2, 0) is 11.2 Å². The number of amides is 2. The summed E-state index contributed by atoms with van der Waals surface area (Å²) in [7, 11) is 0. The molecule has 2 aromatic rings. The average molecular weight is 380 g/mol. The third kappa shape index (κ3) is 4.27. The third-order valence-corrected chi connectivity index (χ3v) is 4.73. The molecule has 1 aliphatic carbocycles. The zero-order valence-electron chi connectivity index (χ0n) is 16.1. The lowest BCUT2D eigenvalue weighted by Crippen LogP contribution is -2.26. The molecule has 1 saturated carbocycles. The summed E-state index contributed by atoms with van der Waals surface area (Å²) in [5.41, 5.74) is 1.90. The van der Waals surface area contributed by atoms with Gasteiger partial charge in [-0.3, -0.25) is 9.59 Å². The Hall–Kier alpha value is -3.02. The number of carbonyl (C=O) groups is 2. The maximum Gasteiger partial charge on any atom is 0.262 e. The van der Waals surface area contributed by atoms with E-state index in [0.717, 1.165) is 24.8 Å². The van der Waals surface area contributed by atoms with E-state index >= 15 is 0 Å². The average Bonchev–Trinajstić information content (AvgIpc) is 3.39. The number of nitrogens with one attached hydrogen (secondary N) is 2. The number of fused-ring (bicyclic) bond motifs is 1. The van der Waals surface area contributed by atoms with Crippen LogP contribution in [-0.4, -0.2) is 30.1 Å². The molecule has 2 amide bonds. The fourth-order valence-electron chi connectivity index (χ4n) is 3.28. The normalized spacial score (nSPS) is 16.6. The summed E-state index contributed by atoms with van der Waals surface area (Å²) in [6.07, 6.45) is 2.87. The lowest BCUT2D eigenvalue weighted by atomic mass is 10.0. The highest BCUT2D eigenvalue weighted by Gasteiger charge is 2.32. The first-order chi connectivity index (χ1) is 13.4. The van der Waals surface area contributed by atoms with Gasteiger partial charge in [0.05, 0.1) is 0 Å². The second-order valence-electron chi connectivity index (χ2n) is 7.95. The largest absolute Gasteiger partial charge is 0.483 e. The number of ether oxygens (including phenoxy) is 2. The van der Waals surface area contributed by atoms with Gasteiger partial charge in [0.25, 0.3) is 11.8 Å². The quantitative estimate of drug-likeness (QED) is 0.806. The molecule has 4 rings (SSSR count). The Labute approximate surface area is 164 Å². The van der Waals surface area contributed by atoms with Crippen LogP contribution in [0.4, 0.5) is 5.69 Å². The monoisotopic (exact) mass is 380 g/mol. The van der Waals surface area contributed by atoms with Crippen molar-refractivity contribution in [3.8, 4) is 11.5 Å². The Bertz CT molecular complexity index is 919. The second kappa shape index (κ2) is 7.19. The van der Waals surface area contributed by atoms with Crippen LogP contribution >= 0.6 is 0 Å². The van der Waals surface area contributed by atoms with Gasteiger partial charge < -0.3 is 20.1 Å². The molecule has 2 aromatic carbocycles. The molecule has 2 aliphatic rings. The number of benzene rings is 2. The van der Waals surface area contributed by atoms with Gasteiger partial charge in [-0.15, -0.1) is 0 Å².